The molecule has 1 fully saturated rings. The fraction of sp³-hybridized carbons (Fsp3) is 0.571. The van der Waals surface area contributed by atoms with E-state index in [0.29, 0.717) is 30.8 Å². The Hall–Kier alpha value is -2.46. The SMILES string of the molecule is CN(C)CCN(C(=O)Nc1ccc2c(c1)C(=O)N(C(C)(C)C)C2=O)C1CCS(=O)(=O)C1. The van der Waals surface area contributed by atoms with Gasteiger partial charge < -0.3 is 15.1 Å². The third-order valence-corrected chi connectivity index (χ3v) is 7.26. The lowest BCUT2D eigenvalue weighted by molar-refractivity contribution is 0.0507. The molecular formula is C21H30N4O5S. The second-order valence-corrected chi connectivity index (χ2v) is 11.6. The molecule has 0 radical (unpaired) electrons. The van der Waals surface area contributed by atoms with Crippen LogP contribution in [0.15, 0.2) is 18.2 Å². The predicted octanol–water partition coefficient (Wildman–Crippen LogP) is 1.66. The molecule has 0 saturated carbocycles. The summed E-state index contributed by atoms with van der Waals surface area (Å²) in [7, 11) is 0.611. The first-order valence-corrected chi connectivity index (χ1v) is 12.1. The lowest BCUT2D eigenvalue weighted by Crippen LogP contribution is -2.46. The number of nitrogens with one attached hydrogen (secondary N) is 1. The van der Waals surface area contributed by atoms with Crippen molar-refractivity contribution in [3.05, 3.63) is 29.3 Å². The van der Waals surface area contributed by atoms with Crippen molar-refractivity contribution in [2.45, 2.75) is 38.8 Å². The fourth-order valence-electron chi connectivity index (χ4n) is 3.90. The molecule has 1 unspecified atom stereocenters. The quantitative estimate of drug-likeness (QED) is 0.684. The molecule has 0 bridgehead atoms. The zero-order chi connectivity index (χ0) is 23.1. The molecule has 1 atom stereocenters. The molecule has 3 rings (SSSR count). The monoisotopic (exact) mass is 450 g/mol. The highest BCUT2D eigenvalue weighted by Gasteiger charge is 2.42. The van der Waals surface area contributed by atoms with Crippen LogP contribution in [0.1, 0.15) is 47.9 Å². The van der Waals surface area contributed by atoms with E-state index in [-0.39, 0.29) is 29.0 Å². The molecule has 2 heterocycles. The van der Waals surface area contributed by atoms with E-state index in [1.54, 1.807) is 37.8 Å². The summed E-state index contributed by atoms with van der Waals surface area (Å²) in [4.78, 5) is 43.1. The van der Waals surface area contributed by atoms with Crippen LogP contribution in [0.25, 0.3) is 0 Å². The number of rotatable bonds is 5. The molecule has 9 nitrogen and oxygen atoms in total. The van der Waals surface area contributed by atoms with Gasteiger partial charge >= 0.3 is 6.03 Å². The minimum Gasteiger partial charge on any atom is -0.319 e. The maximum Gasteiger partial charge on any atom is 0.322 e. The highest BCUT2D eigenvalue weighted by atomic mass is 32.2. The molecular weight excluding hydrogens is 420 g/mol. The van der Waals surface area contributed by atoms with Gasteiger partial charge in [0.05, 0.1) is 22.6 Å². The molecule has 1 aromatic rings. The number of hydrogen-bond donors (Lipinski definition) is 1. The third-order valence-electron chi connectivity index (χ3n) is 5.51. The topological polar surface area (TPSA) is 107 Å². The summed E-state index contributed by atoms with van der Waals surface area (Å²) in [6, 6.07) is 3.83. The molecule has 10 heteroatoms. The lowest BCUT2D eigenvalue weighted by atomic mass is 10.1. The van der Waals surface area contributed by atoms with Crippen molar-refractivity contribution < 1.29 is 22.8 Å². The summed E-state index contributed by atoms with van der Waals surface area (Å²) in [5.41, 5.74) is 0.287. The van der Waals surface area contributed by atoms with E-state index in [1.165, 1.54) is 11.0 Å². The molecule has 4 amide bonds. The Bertz CT molecular complexity index is 1010. The highest BCUT2D eigenvalue weighted by molar-refractivity contribution is 7.91. The van der Waals surface area contributed by atoms with Gasteiger partial charge in [-0.25, -0.2) is 13.2 Å². The molecule has 2 aliphatic rings. The lowest BCUT2D eigenvalue weighted by Gasteiger charge is -2.29. The van der Waals surface area contributed by atoms with Crippen LogP contribution < -0.4 is 5.32 Å². The summed E-state index contributed by atoms with van der Waals surface area (Å²) >= 11 is 0. The van der Waals surface area contributed by atoms with E-state index in [4.69, 9.17) is 0 Å². The Morgan fingerprint density at radius 1 is 1.13 bits per heavy atom. The van der Waals surface area contributed by atoms with Crippen molar-refractivity contribution in [3.8, 4) is 0 Å². The van der Waals surface area contributed by atoms with Crippen LogP contribution in [-0.2, 0) is 9.84 Å². The second-order valence-electron chi connectivity index (χ2n) is 9.36. The standard InChI is InChI=1S/C21H30N4O5S/c1-21(2,3)25-18(26)16-7-6-14(12-17(16)19(25)27)22-20(28)24(10-9-23(4)5)15-8-11-31(29,30)13-15/h6-7,12,15H,8-11,13H2,1-5H3,(H,22,28). The first-order chi connectivity index (χ1) is 14.3. The fourth-order valence-corrected chi connectivity index (χ4v) is 5.63. The Labute approximate surface area is 183 Å². The van der Waals surface area contributed by atoms with Gasteiger partial charge in [-0.1, -0.05) is 0 Å². The minimum absolute atomic E-state index is 0.0500. The molecule has 31 heavy (non-hydrogen) atoms. The second kappa shape index (κ2) is 8.23. The number of amides is 4. The van der Waals surface area contributed by atoms with Gasteiger partial charge in [0.2, 0.25) is 0 Å². The minimum atomic E-state index is -3.15. The predicted molar refractivity (Wildman–Crippen MR) is 118 cm³/mol. The number of anilines is 1. The Morgan fingerprint density at radius 3 is 2.32 bits per heavy atom. The number of carbonyl (C=O) groups is 3. The van der Waals surface area contributed by atoms with Crippen LogP contribution in [0.2, 0.25) is 0 Å². The maximum absolute atomic E-state index is 13.0. The van der Waals surface area contributed by atoms with E-state index < -0.39 is 27.3 Å². The number of sulfone groups is 1. The zero-order valence-corrected chi connectivity index (χ0v) is 19.5. The maximum atomic E-state index is 13.0. The molecule has 170 valence electrons. The van der Waals surface area contributed by atoms with Gasteiger partial charge in [-0.2, -0.15) is 0 Å². The van der Waals surface area contributed by atoms with Crippen molar-refractivity contribution in [3.63, 3.8) is 0 Å². The number of hydrogen-bond acceptors (Lipinski definition) is 6. The van der Waals surface area contributed by atoms with Crippen LogP contribution in [0.4, 0.5) is 10.5 Å². The van der Waals surface area contributed by atoms with Crippen LogP contribution in [-0.4, -0.2) is 91.2 Å². The van der Waals surface area contributed by atoms with Gasteiger partial charge in [-0.05, 0) is 59.5 Å². The smallest absolute Gasteiger partial charge is 0.319 e. The van der Waals surface area contributed by atoms with Crippen LogP contribution in [0.3, 0.4) is 0 Å². The van der Waals surface area contributed by atoms with E-state index in [1.807, 2.05) is 19.0 Å². The van der Waals surface area contributed by atoms with E-state index in [0.717, 1.165) is 0 Å². The highest BCUT2D eigenvalue weighted by Crippen LogP contribution is 2.31. The van der Waals surface area contributed by atoms with Crippen LogP contribution in [0.5, 0.6) is 0 Å². The number of imide groups is 1. The van der Waals surface area contributed by atoms with Gasteiger partial charge in [0, 0.05) is 30.4 Å². The van der Waals surface area contributed by atoms with Crippen LogP contribution >= 0.6 is 0 Å². The number of nitrogens with zero attached hydrogens (tertiary/aromatic N) is 3. The molecule has 0 aliphatic carbocycles. The Morgan fingerprint density at radius 2 is 1.77 bits per heavy atom. The third kappa shape index (κ3) is 4.90. The van der Waals surface area contributed by atoms with E-state index >= 15 is 0 Å². The van der Waals surface area contributed by atoms with E-state index in [2.05, 4.69) is 5.32 Å². The first-order valence-electron chi connectivity index (χ1n) is 10.3. The molecule has 1 N–H and O–H groups in total. The molecule has 1 saturated heterocycles. The van der Waals surface area contributed by atoms with Crippen molar-refractivity contribution >= 4 is 33.4 Å². The number of urea groups is 1. The van der Waals surface area contributed by atoms with Crippen molar-refractivity contribution in [2.24, 2.45) is 0 Å². The van der Waals surface area contributed by atoms with Gasteiger partial charge in [-0.3, -0.25) is 14.5 Å². The van der Waals surface area contributed by atoms with Crippen molar-refractivity contribution in [2.75, 3.05) is 44.0 Å². The number of fused-ring (bicyclic) bond motifs is 1. The van der Waals surface area contributed by atoms with Crippen LogP contribution in [0, 0.1) is 0 Å². The number of carbonyl (C=O) groups excluding carboxylic acids is 3. The summed E-state index contributed by atoms with van der Waals surface area (Å²) < 4.78 is 23.9. The van der Waals surface area contributed by atoms with Gasteiger partial charge in [0.1, 0.15) is 0 Å². The molecule has 0 spiro atoms. The summed E-state index contributed by atoms with van der Waals surface area (Å²) in [6.45, 7) is 6.32. The molecule has 0 aromatic heterocycles. The largest absolute Gasteiger partial charge is 0.322 e. The summed E-state index contributed by atoms with van der Waals surface area (Å²) in [5.74, 6) is -0.725. The average Bonchev–Trinajstić information content (AvgIpc) is 3.11. The zero-order valence-electron chi connectivity index (χ0n) is 18.6. The van der Waals surface area contributed by atoms with Gasteiger partial charge in [0.15, 0.2) is 9.84 Å². The molecule has 2 aliphatic heterocycles. The van der Waals surface area contributed by atoms with Gasteiger partial charge in [0.25, 0.3) is 11.8 Å². The van der Waals surface area contributed by atoms with Crippen molar-refractivity contribution in [1.82, 2.24) is 14.7 Å². The Balaban J connectivity index is 1.81. The van der Waals surface area contributed by atoms with E-state index in [9.17, 15) is 22.8 Å². The summed E-state index contributed by atoms with van der Waals surface area (Å²) in [6.07, 6.45) is 0.404. The summed E-state index contributed by atoms with van der Waals surface area (Å²) in [5, 5.41) is 2.78. The normalized spacial score (nSPS) is 20.3. The first kappa shape index (κ1) is 23.2. The average molecular weight is 451 g/mol. The number of likely N-dealkylation sites (N-methyl/N-ethyl adjacent to an activating group) is 1. The van der Waals surface area contributed by atoms with Gasteiger partial charge in [-0.15, -0.1) is 0 Å². The number of benzene rings is 1. The Kier molecular flexibility index (Phi) is 6.16. The van der Waals surface area contributed by atoms with Crippen molar-refractivity contribution in [1.29, 1.82) is 0 Å². The molecule has 1 aromatic carbocycles.